The van der Waals surface area contributed by atoms with Crippen LogP contribution in [0.2, 0.25) is 0 Å². The number of benzene rings is 1. The molecule has 0 radical (unpaired) electrons. The number of nitrogens with two attached hydrogens (primary N) is 1. The van der Waals surface area contributed by atoms with Crippen LogP contribution in [0, 0.1) is 12.7 Å². The standard InChI is InChI=1S/C9H11FN6O2S/c1-5-7(10)3-6(11)4-8(5)19(17,18)14-9-12-15-16(2)13-9/h3-4H,11H2,1-2H3,(H,13,14). The van der Waals surface area contributed by atoms with E-state index in [4.69, 9.17) is 5.73 Å². The highest BCUT2D eigenvalue weighted by Crippen LogP contribution is 2.23. The fraction of sp³-hybridized carbons (Fsp3) is 0.222. The summed E-state index contributed by atoms with van der Waals surface area (Å²) in [6.45, 7) is 1.34. The van der Waals surface area contributed by atoms with E-state index >= 15 is 0 Å². The lowest BCUT2D eigenvalue weighted by Crippen LogP contribution is -2.16. The van der Waals surface area contributed by atoms with Gasteiger partial charge in [0.15, 0.2) is 0 Å². The summed E-state index contributed by atoms with van der Waals surface area (Å²) < 4.78 is 39.8. The first-order valence-corrected chi connectivity index (χ1v) is 6.60. The van der Waals surface area contributed by atoms with E-state index in [2.05, 4.69) is 20.1 Å². The quantitative estimate of drug-likeness (QED) is 0.770. The number of rotatable bonds is 3. The number of nitrogens with zero attached hydrogens (tertiary/aromatic N) is 4. The van der Waals surface area contributed by atoms with Crippen molar-refractivity contribution in [1.29, 1.82) is 0 Å². The number of sulfonamides is 1. The Morgan fingerprint density at radius 3 is 2.68 bits per heavy atom. The van der Waals surface area contributed by atoms with Crippen molar-refractivity contribution in [3.8, 4) is 0 Å². The van der Waals surface area contributed by atoms with Gasteiger partial charge in [0.1, 0.15) is 5.82 Å². The Morgan fingerprint density at radius 2 is 2.11 bits per heavy atom. The minimum atomic E-state index is -4.02. The van der Waals surface area contributed by atoms with Gasteiger partial charge in [0.2, 0.25) is 0 Å². The van der Waals surface area contributed by atoms with Crippen molar-refractivity contribution in [2.75, 3.05) is 10.5 Å². The molecule has 0 spiro atoms. The van der Waals surface area contributed by atoms with Gasteiger partial charge in [-0.15, -0.1) is 5.10 Å². The van der Waals surface area contributed by atoms with Crippen molar-refractivity contribution in [2.24, 2.45) is 7.05 Å². The van der Waals surface area contributed by atoms with Gasteiger partial charge >= 0.3 is 0 Å². The fourth-order valence-corrected chi connectivity index (χ4v) is 2.68. The minimum Gasteiger partial charge on any atom is -0.399 e. The lowest BCUT2D eigenvalue weighted by atomic mass is 10.2. The Bertz CT molecular complexity index is 726. The van der Waals surface area contributed by atoms with Gasteiger partial charge in [-0.2, -0.15) is 4.80 Å². The van der Waals surface area contributed by atoms with Crippen LogP contribution in [-0.2, 0) is 17.1 Å². The lowest BCUT2D eigenvalue weighted by Gasteiger charge is -2.09. The number of anilines is 2. The van der Waals surface area contributed by atoms with Gasteiger partial charge < -0.3 is 5.73 Å². The Morgan fingerprint density at radius 1 is 1.42 bits per heavy atom. The molecule has 0 aliphatic rings. The van der Waals surface area contributed by atoms with E-state index < -0.39 is 15.8 Å². The number of hydrogen-bond donors (Lipinski definition) is 2. The van der Waals surface area contributed by atoms with E-state index in [1.54, 1.807) is 0 Å². The summed E-state index contributed by atoms with van der Waals surface area (Å²) in [7, 11) is -2.54. The van der Waals surface area contributed by atoms with E-state index in [0.717, 1.165) is 16.9 Å². The third-order valence-electron chi connectivity index (χ3n) is 2.34. The summed E-state index contributed by atoms with van der Waals surface area (Å²) in [6, 6.07) is 2.21. The van der Waals surface area contributed by atoms with E-state index in [1.807, 2.05) is 0 Å². The van der Waals surface area contributed by atoms with Crippen LogP contribution >= 0.6 is 0 Å². The number of tetrazole rings is 1. The fourth-order valence-electron chi connectivity index (χ4n) is 1.45. The second kappa shape index (κ2) is 4.46. The van der Waals surface area contributed by atoms with Crippen molar-refractivity contribution in [1.82, 2.24) is 20.2 Å². The highest BCUT2D eigenvalue weighted by molar-refractivity contribution is 7.92. The third kappa shape index (κ3) is 2.62. The van der Waals surface area contributed by atoms with Crippen molar-refractivity contribution in [2.45, 2.75) is 11.8 Å². The highest BCUT2D eigenvalue weighted by atomic mass is 32.2. The number of hydrogen-bond acceptors (Lipinski definition) is 6. The molecule has 0 saturated heterocycles. The largest absolute Gasteiger partial charge is 0.399 e. The number of halogens is 1. The molecule has 2 rings (SSSR count). The molecule has 0 aliphatic heterocycles. The van der Waals surface area contributed by atoms with Crippen LogP contribution in [0.5, 0.6) is 0 Å². The lowest BCUT2D eigenvalue weighted by molar-refractivity contribution is 0.590. The molecular weight excluding hydrogens is 275 g/mol. The van der Waals surface area contributed by atoms with Crippen LogP contribution in [0.3, 0.4) is 0 Å². The Kier molecular flexibility index (Phi) is 3.10. The molecule has 102 valence electrons. The Hall–Kier alpha value is -2.23. The van der Waals surface area contributed by atoms with Gasteiger partial charge in [0, 0.05) is 11.3 Å². The summed E-state index contributed by atoms with van der Waals surface area (Å²) in [4.78, 5) is 0.822. The normalized spacial score (nSPS) is 11.5. The van der Waals surface area contributed by atoms with Crippen molar-refractivity contribution < 1.29 is 12.8 Å². The maximum atomic E-state index is 13.5. The van der Waals surface area contributed by atoms with E-state index in [0.29, 0.717) is 0 Å². The number of nitrogen functional groups attached to an aromatic ring is 1. The molecule has 19 heavy (non-hydrogen) atoms. The van der Waals surface area contributed by atoms with E-state index in [9.17, 15) is 12.8 Å². The zero-order chi connectivity index (χ0) is 14.2. The SMILES string of the molecule is Cc1c(F)cc(N)cc1S(=O)(=O)Nc1nnn(C)n1. The van der Waals surface area contributed by atoms with Crippen molar-refractivity contribution in [3.63, 3.8) is 0 Å². The first kappa shape index (κ1) is 13.2. The van der Waals surface area contributed by atoms with Crippen LogP contribution in [-0.4, -0.2) is 28.6 Å². The molecule has 0 aliphatic carbocycles. The minimum absolute atomic E-state index is 0.00980. The highest BCUT2D eigenvalue weighted by Gasteiger charge is 2.21. The average Bonchev–Trinajstić information content (AvgIpc) is 2.68. The first-order valence-electron chi connectivity index (χ1n) is 5.12. The summed E-state index contributed by atoms with van der Waals surface area (Å²) >= 11 is 0. The number of aromatic nitrogens is 4. The average molecular weight is 286 g/mol. The molecule has 10 heteroatoms. The number of aryl methyl sites for hydroxylation is 1. The summed E-state index contributed by atoms with van der Waals surface area (Å²) in [5.41, 5.74) is 5.42. The van der Waals surface area contributed by atoms with Gasteiger partial charge in [-0.05, 0) is 24.3 Å². The second-order valence-electron chi connectivity index (χ2n) is 3.83. The van der Waals surface area contributed by atoms with Crippen LogP contribution in [0.1, 0.15) is 5.56 Å². The molecular formula is C9H11FN6O2S. The molecule has 1 heterocycles. The molecule has 3 N–H and O–H groups in total. The summed E-state index contributed by atoms with van der Waals surface area (Å²) in [5, 5.41) is 10.6. The molecule has 1 aromatic carbocycles. The maximum Gasteiger partial charge on any atom is 0.277 e. The predicted octanol–water partition coefficient (Wildman–Crippen LogP) is 0.0406. The zero-order valence-electron chi connectivity index (χ0n) is 10.1. The molecule has 8 nitrogen and oxygen atoms in total. The van der Waals surface area contributed by atoms with E-state index in [-0.39, 0.29) is 22.1 Å². The van der Waals surface area contributed by atoms with Gasteiger partial charge in [-0.1, -0.05) is 5.10 Å². The Balaban J connectivity index is 2.45. The summed E-state index contributed by atoms with van der Waals surface area (Å²) in [6.07, 6.45) is 0. The molecule has 0 unspecified atom stereocenters. The van der Waals surface area contributed by atoms with Crippen molar-refractivity contribution >= 4 is 21.7 Å². The third-order valence-corrected chi connectivity index (χ3v) is 3.80. The smallest absolute Gasteiger partial charge is 0.277 e. The van der Waals surface area contributed by atoms with Crippen LogP contribution in [0.4, 0.5) is 16.0 Å². The summed E-state index contributed by atoms with van der Waals surface area (Å²) in [5.74, 6) is -0.905. The first-order chi connectivity index (χ1) is 8.79. The van der Waals surface area contributed by atoms with Gasteiger partial charge in [0.25, 0.3) is 16.0 Å². The molecule has 2 aromatic rings. The molecule has 0 atom stereocenters. The molecule has 0 amide bonds. The molecule has 0 saturated carbocycles. The van der Waals surface area contributed by atoms with E-state index in [1.165, 1.54) is 14.0 Å². The molecule has 1 aromatic heterocycles. The van der Waals surface area contributed by atoms with Crippen molar-refractivity contribution in [3.05, 3.63) is 23.5 Å². The maximum absolute atomic E-state index is 13.5. The van der Waals surface area contributed by atoms with Gasteiger partial charge in [-0.25, -0.2) is 17.5 Å². The predicted molar refractivity (Wildman–Crippen MR) is 65.2 cm³/mol. The van der Waals surface area contributed by atoms with Crippen LogP contribution < -0.4 is 10.5 Å². The number of nitrogens with one attached hydrogen (secondary N) is 1. The van der Waals surface area contributed by atoms with Crippen LogP contribution in [0.15, 0.2) is 17.0 Å². The topological polar surface area (TPSA) is 116 Å². The Labute approximate surface area is 108 Å². The van der Waals surface area contributed by atoms with Gasteiger partial charge in [0.05, 0.1) is 11.9 Å². The zero-order valence-corrected chi connectivity index (χ0v) is 10.9. The second-order valence-corrected chi connectivity index (χ2v) is 5.48. The molecule has 0 bridgehead atoms. The van der Waals surface area contributed by atoms with Crippen LogP contribution in [0.25, 0.3) is 0 Å². The molecule has 0 fully saturated rings. The van der Waals surface area contributed by atoms with Gasteiger partial charge in [-0.3, -0.25) is 0 Å². The monoisotopic (exact) mass is 286 g/mol.